The van der Waals surface area contributed by atoms with Gasteiger partial charge < -0.3 is 45.1 Å². The fourth-order valence-electron chi connectivity index (χ4n) is 3.79. The second-order valence-electron chi connectivity index (χ2n) is 9.61. The monoisotopic (exact) mass is 704 g/mol. The van der Waals surface area contributed by atoms with Gasteiger partial charge in [0.2, 0.25) is 0 Å². The van der Waals surface area contributed by atoms with Crippen molar-refractivity contribution in [1.82, 2.24) is 5.32 Å². The molecule has 0 radical (unpaired) electrons. The predicted molar refractivity (Wildman–Crippen MR) is 173 cm³/mol. The minimum atomic E-state index is -5.08. The molecule has 0 aliphatic carbocycles. The number of guanidine groups is 1. The summed E-state index contributed by atoms with van der Waals surface area (Å²) in [5.41, 5.74) is 12.6. The van der Waals surface area contributed by atoms with Crippen LogP contribution in [0.5, 0.6) is 23.0 Å². The number of carboxylic acid groups (broad SMARTS) is 1. The van der Waals surface area contributed by atoms with Gasteiger partial charge in [-0.05, 0) is 71.8 Å². The first-order chi connectivity index (χ1) is 23.2. The molecule has 0 heterocycles. The van der Waals surface area contributed by atoms with Gasteiger partial charge in [-0.3, -0.25) is 0 Å². The first kappa shape index (κ1) is 37.6. The zero-order chi connectivity index (χ0) is 36.0. The molecule has 1 amide bonds. The third-order valence-corrected chi connectivity index (χ3v) is 8.07. The number of nitrogens with one attached hydrogen (secondary N) is 1. The summed E-state index contributed by atoms with van der Waals surface area (Å²) < 4.78 is 74.5. The molecule has 0 saturated heterocycles. The predicted octanol–water partition coefficient (Wildman–Crippen LogP) is 6.52. The summed E-state index contributed by atoms with van der Waals surface area (Å²) in [7, 11) is -1.26. The molecule has 1 unspecified atom stereocenters. The number of hydrogen-bond acceptors (Lipinski definition) is 9. The summed E-state index contributed by atoms with van der Waals surface area (Å²) in [5, 5.41) is 9.81. The number of carbonyl (C=O) groups excluding carboxylic acids is 1. The average Bonchev–Trinajstić information content (AvgIpc) is 3.07. The Hall–Kier alpha value is -5.89. The minimum Gasteiger partial charge on any atom is -0.497 e. The molecule has 0 fully saturated rings. The van der Waals surface area contributed by atoms with Crippen LogP contribution in [0.25, 0.3) is 0 Å². The summed E-state index contributed by atoms with van der Waals surface area (Å²) in [6.07, 6.45) is -5.92. The number of benzene rings is 4. The Balaban J connectivity index is 0.000000838. The standard InChI is InChI=1S/C30H31N4O7P.C2HF3O2/c1-37-24-12-16-26(17-13-24)40-42(36,41-27-18-14-25(38-2)15-19-27)28(22-8-10-23(11-9-22)33-29(31)32)34-30(35)39-20-21-6-4-3-5-7-21;3-2(4,5)1(6)7/h3-19,28H,20H2,1-2H3,(H,34,35)(H4,31,32,33);(H,6,7). The van der Waals surface area contributed by atoms with Crippen molar-refractivity contribution >= 4 is 31.3 Å². The van der Waals surface area contributed by atoms with E-state index >= 15 is 0 Å². The Morgan fingerprint density at radius 1 is 0.796 bits per heavy atom. The molecule has 0 aliphatic heterocycles. The number of alkyl halides is 3. The highest BCUT2D eigenvalue weighted by Crippen LogP contribution is 2.59. The Bertz CT molecular complexity index is 1680. The maximum Gasteiger partial charge on any atom is 0.490 e. The van der Waals surface area contributed by atoms with Crippen LogP contribution in [0.15, 0.2) is 108 Å². The van der Waals surface area contributed by atoms with Crippen LogP contribution in [-0.2, 0) is 20.7 Å². The van der Waals surface area contributed by atoms with Crippen LogP contribution in [0.1, 0.15) is 16.9 Å². The van der Waals surface area contributed by atoms with Crippen molar-refractivity contribution < 1.29 is 55.7 Å². The van der Waals surface area contributed by atoms with E-state index in [9.17, 15) is 22.5 Å². The number of carboxylic acids is 1. The fourth-order valence-corrected chi connectivity index (χ4v) is 5.67. The number of aliphatic imine (C=N–C) groups is 1. The van der Waals surface area contributed by atoms with Gasteiger partial charge in [-0.15, -0.1) is 0 Å². The maximum atomic E-state index is 14.8. The molecule has 6 N–H and O–H groups in total. The van der Waals surface area contributed by atoms with E-state index < -0.39 is 31.6 Å². The average molecular weight is 705 g/mol. The number of halogens is 3. The SMILES string of the molecule is COc1ccc(OP(=O)(Oc2ccc(OC)cc2)C(NC(=O)OCc2ccccc2)c2ccc(N=C(N)N)cc2)cc1.O=C(O)C(F)(F)F. The number of carbonyl (C=O) groups is 2. The van der Waals surface area contributed by atoms with Crippen molar-refractivity contribution in [2.24, 2.45) is 16.5 Å². The van der Waals surface area contributed by atoms with Crippen LogP contribution in [0.3, 0.4) is 0 Å². The molecule has 0 spiro atoms. The molecular formula is C32H32F3N4O9P. The van der Waals surface area contributed by atoms with Crippen molar-refractivity contribution in [1.29, 1.82) is 0 Å². The fraction of sp³-hybridized carbons (Fsp3) is 0.156. The van der Waals surface area contributed by atoms with E-state index in [1.807, 2.05) is 30.3 Å². The lowest BCUT2D eigenvalue weighted by Crippen LogP contribution is -2.31. The van der Waals surface area contributed by atoms with Crippen molar-refractivity contribution in [3.05, 3.63) is 114 Å². The van der Waals surface area contributed by atoms with E-state index in [1.54, 1.807) is 72.8 Å². The van der Waals surface area contributed by atoms with Crippen LogP contribution in [0, 0.1) is 0 Å². The van der Waals surface area contributed by atoms with Gasteiger partial charge in [0.1, 0.15) is 29.6 Å². The Morgan fingerprint density at radius 2 is 1.24 bits per heavy atom. The molecule has 0 saturated carbocycles. The van der Waals surface area contributed by atoms with Gasteiger partial charge in [-0.25, -0.2) is 19.1 Å². The van der Waals surface area contributed by atoms with Gasteiger partial charge in [0.15, 0.2) is 11.7 Å². The van der Waals surface area contributed by atoms with Gasteiger partial charge in [0.05, 0.1) is 19.9 Å². The normalized spacial score (nSPS) is 11.4. The lowest BCUT2D eigenvalue weighted by atomic mass is 10.2. The second-order valence-corrected chi connectivity index (χ2v) is 11.6. The number of nitrogens with zero attached hydrogens (tertiary/aromatic N) is 1. The summed E-state index contributed by atoms with van der Waals surface area (Å²) in [5.74, 6) is -2.63. The van der Waals surface area contributed by atoms with Crippen LogP contribution >= 0.6 is 7.60 Å². The van der Waals surface area contributed by atoms with Gasteiger partial charge in [0, 0.05) is 0 Å². The molecular weight excluding hydrogens is 672 g/mol. The molecule has 0 bridgehead atoms. The molecule has 17 heteroatoms. The second kappa shape index (κ2) is 17.3. The number of methoxy groups -OCH3 is 2. The van der Waals surface area contributed by atoms with Crippen LogP contribution in [0.2, 0.25) is 0 Å². The van der Waals surface area contributed by atoms with Crippen molar-refractivity contribution in [3.63, 3.8) is 0 Å². The molecule has 1 atom stereocenters. The summed E-state index contributed by atoms with van der Waals surface area (Å²) in [4.78, 5) is 26.0. The number of rotatable bonds is 12. The molecule has 49 heavy (non-hydrogen) atoms. The van der Waals surface area contributed by atoms with E-state index in [4.69, 9.17) is 44.6 Å². The third kappa shape index (κ3) is 12.0. The van der Waals surface area contributed by atoms with E-state index in [0.717, 1.165) is 5.56 Å². The Kier molecular flexibility index (Phi) is 13.3. The zero-order valence-electron chi connectivity index (χ0n) is 26.0. The quantitative estimate of drug-likeness (QED) is 0.0713. The molecule has 13 nitrogen and oxygen atoms in total. The molecule has 0 aromatic heterocycles. The Labute approximate surface area is 278 Å². The van der Waals surface area contributed by atoms with Gasteiger partial charge in [-0.2, -0.15) is 13.2 Å². The Morgan fingerprint density at radius 3 is 1.65 bits per heavy atom. The smallest absolute Gasteiger partial charge is 0.490 e. The molecule has 4 rings (SSSR count). The minimum absolute atomic E-state index is 0.00814. The number of aliphatic carboxylic acids is 1. The van der Waals surface area contributed by atoms with Crippen molar-refractivity contribution in [3.8, 4) is 23.0 Å². The largest absolute Gasteiger partial charge is 0.497 e. The number of alkyl carbamates (subject to hydrolysis) is 1. The summed E-state index contributed by atoms with van der Waals surface area (Å²) in [6.45, 7) is -0.00814. The van der Waals surface area contributed by atoms with Crippen LogP contribution in [0.4, 0.5) is 23.7 Å². The zero-order valence-corrected chi connectivity index (χ0v) is 26.9. The molecule has 4 aromatic rings. The van der Waals surface area contributed by atoms with E-state index in [1.165, 1.54) is 14.2 Å². The number of nitrogens with two attached hydrogens (primary N) is 2. The topological polar surface area (TPSA) is 194 Å². The number of hydrogen-bond donors (Lipinski definition) is 4. The lowest BCUT2D eigenvalue weighted by Gasteiger charge is -2.28. The number of ether oxygens (including phenoxy) is 3. The summed E-state index contributed by atoms with van der Waals surface area (Å²) >= 11 is 0. The third-order valence-electron chi connectivity index (χ3n) is 6.08. The van der Waals surface area contributed by atoms with Gasteiger partial charge >= 0.3 is 25.8 Å². The van der Waals surface area contributed by atoms with Crippen molar-refractivity contribution in [2.45, 2.75) is 18.6 Å². The molecule has 0 aliphatic rings. The molecule has 4 aromatic carbocycles. The lowest BCUT2D eigenvalue weighted by molar-refractivity contribution is -0.192. The first-order valence-electron chi connectivity index (χ1n) is 14.0. The molecule has 260 valence electrons. The highest BCUT2D eigenvalue weighted by molar-refractivity contribution is 7.55. The van der Waals surface area contributed by atoms with E-state index in [2.05, 4.69) is 10.3 Å². The highest BCUT2D eigenvalue weighted by atomic mass is 31.2. The van der Waals surface area contributed by atoms with E-state index in [0.29, 0.717) is 22.7 Å². The number of amides is 1. The van der Waals surface area contributed by atoms with E-state index in [-0.39, 0.29) is 24.1 Å². The van der Waals surface area contributed by atoms with Gasteiger partial charge in [-0.1, -0.05) is 42.5 Å². The van der Waals surface area contributed by atoms with Crippen LogP contribution < -0.4 is 35.3 Å². The van der Waals surface area contributed by atoms with Crippen LogP contribution in [-0.4, -0.2) is 43.5 Å². The summed E-state index contributed by atoms with van der Waals surface area (Å²) in [6, 6.07) is 28.5. The maximum absolute atomic E-state index is 14.8. The first-order valence-corrected chi connectivity index (χ1v) is 15.6. The van der Waals surface area contributed by atoms with Crippen molar-refractivity contribution in [2.75, 3.05) is 14.2 Å². The highest BCUT2D eigenvalue weighted by Gasteiger charge is 2.42. The van der Waals surface area contributed by atoms with Gasteiger partial charge in [0.25, 0.3) is 0 Å².